The van der Waals surface area contributed by atoms with Crippen molar-refractivity contribution in [2.75, 3.05) is 11.1 Å². The number of carbonyl (C=O) groups is 1. The lowest BCUT2D eigenvalue weighted by Crippen LogP contribution is -2.28. The highest BCUT2D eigenvalue weighted by molar-refractivity contribution is 8.13. The van der Waals surface area contributed by atoms with Crippen LogP contribution in [-0.4, -0.2) is 26.8 Å². The lowest BCUT2D eigenvalue weighted by Gasteiger charge is -2.30. The summed E-state index contributed by atoms with van der Waals surface area (Å²) in [5.41, 5.74) is 8.99. The predicted octanol–water partition coefficient (Wildman–Crippen LogP) is 3.55. The fourth-order valence-corrected chi connectivity index (χ4v) is 4.06. The van der Waals surface area contributed by atoms with Crippen molar-refractivity contribution < 1.29 is 4.79 Å². The third-order valence-electron chi connectivity index (χ3n) is 4.62. The van der Waals surface area contributed by atoms with E-state index in [2.05, 4.69) is 27.2 Å². The Kier molecular flexibility index (Phi) is 4.53. The molecular weight excluding hydrogens is 358 g/mol. The van der Waals surface area contributed by atoms with Gasteiger partial charge in [-0.2, -0.15) is 0 Å². The first-order valence-corrected chi connectivity index (χ1v) is 9.64. The van der Waals surface area contributed by atoms with Gasteiger partial charge in [-0.05, 0) is 43.2 Å². The van der Waals surface area contributed by atoms with Crippen LogP contribution in [0.15, 0.2) is 59.7 Å². The molecular formula is C20H19N5OS. The summed E-state index contributed by atoms with van der Waals surface area (Å²) in [6.45, 7) is 2.06. The fourth-order valence-electron chi connectivity index (χ4n) is 3.09. The van der Waals surface area contributed by atoms with Gasteiger partial charge in [0, 0.05) is 11.4 Å². The molecule has 136 valence electrons. The number of benzene rings is 2. The molecule has 6 nitrogen and oxygen atoms in total. The van der Waals surface area contributed by atoms with E-state index in [1.165, 1.54) is 6.20 Å². The van der Waals surface area contributed by atoms with Crippen molar-refractivity contribution in [1.82, 2.24) is 9.97 Å². The van der Waals surface area contributed by atoms with Crippen LogP contribution in [-0.2, 0) is 5.54 Å². The van der Waals surface area contributed by atoms with E-state index in [0.717, 1.165) is 23.3 Å². The molecule has 0 spiro atoms. The van der Waals surface area contributed by atoms with Gasteiger partial charge in [-0.15, -0.1) is 0 Å². The van der Waals surface area contributed by atoms with Crippen molar-refractivity contribution in [2.24, 2.45) is 10.7 Å². The molecule has 2 aromatic carbocycles. The summed E-state index contributed by atoms with van der Waals surface area (Å²) in [7, 11) is 0. The van der Waals surface area contributed by atoms with E-state index in [0.29, 0.717) is 16.4 Å². The zero-order chi connectivity index (χ0) is 18.9. The molecule has 1 amide bonds. The number of nitrogens with zero attached hydrogens (tertiary/aromatic N) is 3. The van der Waals surface area contributed by atoms with Gasteiger partial charge in [0.05, 0.1) is 22.8 Å². The molecule has 4 rings (SSSR count). The Bertz CT molecular complexity index is 1050. The Balaban J connectivity index is 1.59. The highest BCUT2D eigenvalue weighted by Crippen LogP contribution is 2.35. The van der Waals surface area contributed by atoms with Crippen LogP contribution in [0.5, 0.6) is 0 Å². The molecule has 0 aliphatic carbocycles. The zero-order valence-electron chi connectivity index (χ0n) is 14.8. The van der Waals surface area contributed by atoms with Crippen LogP contribution in [0.2, 0.25) is 0 Å². The number of anilines is 1. The van der Waals surface area contributed by atoms with E-state index < -0.39 is 0 Å². The van der Waals surface area contributed by atoms with E-state index in [-0.39, 0.29) is 17.1 Å². The number of aliphatic imine (C=N–C) groups is 1. The summed E-state index contributed by atoms with van der Waals surface area (Å²) < 4.78 is 0. The van der Waals surface area contributed by atoms with Gasteiger partial charge in [0.1, 0.15) is 5.69 Å². The minimum Gasteiger partial charge on any atom is -0.379 e. The maximum absolute atomic E-state index is 12.6. The number of hydrogen-bond acceptors (Lipinski definition) is 6. The molecule has 0 fully saturated rings. The predicted molar refractivity (Wildman–Crippen MR) is 110 cm³/mol. The van der Waals surface area contributed by atoms with Gasteiger partial charge in [-0.3, -0.25) is 14.8 Å². The smallest absolute Gasteiger partial charge is 0.275 e. The van der Waals surface area contributed by atoms with Crippen LogP contribution in [0.4, 0.5) is 5.69 Å². The van der Waals surface area contributed by atoms with E-state index in [1.54, 1.807) is 11.8 Å². The van der Waals surface area contributed by atoms with E-state index in [9.17, 15) is 4.79 Å². The summed E-state index contributed by atoms with van der Waals surface area (Å²) in [5, 5.41) is 3.51. The van der Waals surface area contributed by atoms with Crippen molar-refractivity contribution >= 4 is 39.6 Å². The van der Waals surface area contributed by atoms with Gasteiger partial charge in [0.2, 0.25) is 0 Å². The maximum atomic E-state index is 12.6. The Morgan fingerprint density at radius 1 is 1.19 bits per heavy atom. The van der Waals surface area contributed by atoms with Crippen molar-refractivity contribution in [2.45, 2.75) is 18.9 Å². The molecule has 2 heterocycles. The second-order valence-corrected chi connectivity index (χ2v) is 7.72. The lowest BCUT2D eigenvalue weighted by molar-refractivity contribution is 0.102. The van der Waals surface area contributed by atoms with Crippen molar-refractivity contribution in [3.05, 3.63) is 66.0 Å². The van der Waals surface area contributed by atoms with E-state index in [1.807, 2.05) is 48.5 Å². The van der Waals surface area contributed by atoms with E-state index in [4.69, 9.17) is 5.73 Å². The largest absolute Gasteiger partial charge is 0.379 e. The van der Waals surface area contributed by atoms with Crippen LogP contribution in [0.25, 0.3) is 11.0 Å². The lowest BCUT2D eigenvalue weighted by atomic mass is 9.89. The minimum absolute atomic E-state index is 0.279. The quantitative estimate of drug-likeness (QED) is 0.728. The number of amides is 1. The van der Waals surface area contributed by atoms with Crippen molar-refractivity contribution in [1.29, 1.82) is 0 Å². The molecule has 0 saturated carbocycles. The zero-order valence-corrected chi connectivity index (χ0v) is 15.7. The first-order chi connectivity index (χ1) is 13.0. The van der Waals surface area contributed by atoms with Gasteiger partial charge in [-0.1, -0.05) is 36.0 Å². The monoisotopic (exact) mass is 377 g/mol. The summed E-state index contributed by atoms with van der Waals surface area (Å²) >= 11 is 1.57. The Labute approximate surface area is 161 Å². The number of carbonyl (C=O) groups excluding carboxylic acids is 1. The molecule has 1 aliphatic heterocycles. The second kappa shape index (κ2) is 7.00. The normalized spacial score (nSPS) is 19.5. The molecule has 7 heteroatoms. The topological polar surface area (TPSA) is 93.3 Å². The molecule has 0 radical (unpaired) electrons. The number of thioether (sulfide) groups is 1. The molecule has 1 unspecified atom stereocenters. The number of amidine groups is 1. The number of nitrogens with one attached hydrogen (secondary N) is 1. The molecule has 0 saturated heterocycles. The molecule has 27 heavy (non-hydrogen) atoms. The van der Waals surface area contributed by atoms with Crippen molar-refractivity contribution in [3.63, 3.8) is 0 Å². The van der Waals surface area contributed by atoms with Gasteiger partial charge >= 0.3 is 0 Å². The highest BCUT2D eigenvalue weighted by atomic mass is 32.2. The Morgan fingerprint density at radius 2 is 2.00 bits per heavy atom. The van der Waals surface area contributed by atoms with Gasteiger partial charge in [0.15, 0.2) is 5.17 Å². The van der Waals surface area contributed by atoms with Gasteiger partial charge in [-0.25, -0.2) is 4.98 Å². The molecule has 3 N–H and O–H groups in total. The van der Waals surface area contributed by atoms with Crippen LogP contribution >= 0.6 is 11.8 Å². The Morgan fingerprint density at radius 3 is 2.81 bits per heavy atom. The van der Waals surface area contributed by atoms with E-state index >= 15 is 0 Å². The van der Waals surface area contributed by atoms with Crippen LogP contribution in [0, 0.1) is 0 Å². The molecule has 1 aliphatic rings. The molecule has 1 aromatic heterocycles. The van der Waals surface area contributed by atoms with Gasteiger partial charge in [0.25, 0.3) is 5.91 Å². The number of nitrogens with two attached hydrogens (primary N) is 1. The number of hydrogen-bond donors (Lipinski definition) is 2. The third kappa shape index (κ3) is 3.64. The maximum Gasteiger partial charge on any atom is 0.275 e. The number of para-hydroxylation sites is 2. The molecule has 1 atom stereocenters. The second-order valence-electron chi connectivity index (χ2n) is 6.60. The summed E-state index contributed by atoms with van der Waals surface area (Å²) in [6, 6.07) is 15.2. The summed E-state index contributed by atoms with van der Waals surface area (Å²) in [6.07, 6.45) is 2.39. The minimum atomic E-state index is -0.376. The van der Waals surface area contributed by atoms with Crippen molar-refractivity contribution in [3.8, 4) is 0 Å². The van der Waals surface area contributed by atoms with Gasteiger partial charge < -0.3 is 11.1 Å². The number of fused-ring (bicyclic) bond motifs is 1. The average Bonchev–Trinajstić information content (AvgIpc) is 2.67. The third-order valence-corrected chi connectivity index (χ3v) is 5.41. The standard InChI is InChI=1S/C20H19N5OS/c1-20(9-10-27-19(21)25-20)13-5-4-6-14(11-13)23-18(26)17-12-22-15-7-2-3-8-16(15)24-17/h2-8,11-12H,9-10H2,1H3,(H2,21,25)(H,23,26). The SMILES string of the molecule is CC1(c2cccc(NC(=O)c3cnc4ccccc4n3)c2)CCSC(N)=N1. The summed E-state index contributed by atoms with van der Waals surface area (Å²) in [5.74, 6) is 0.632. The summed E-state index contributed by atoms with van der Waals surface area (Å²) in [4.78, 5) is 25.9. The first kappa shape index (κ1) is 17.5. The highest BCUT2D eigenvalue weighted by Gasteiger charge is 2.29. The van der Waals surface area contributed by atoms with Crippen LogP contribution < -0.4 is 11.1 Å². The fraction of sp³-hybridized carbons (Fsp3) is 0.200. The average molecular weight is 377 g/mol. The first-order valence-electron chi connectivity index (χ1n) is 8.65. The van der Waals surface area contributed by atoms with Crippen LogP contribution in [0.1, 0.15) is 29.4 Å². The molecule has 0 bridgehead atoms. The Hall–Kier alpha value is -2.93. The van der Waals surface area contributed by atoms with Crippen LogP contribution in [0.3, 0.4) is 0 Å². The number of rotatable bonds is 3. The number of aromatic nitrogens is 2. The molecule has 3 aromatic rings.